The molecular formula is C28H32AcF3N5O5. The molecule has 1 amide bonds. The number of imidazole rings is 1. The van der Waals surface area contributed by atoms with Gasteiger partial charge in [-0.25, -0.2) is 14.6 Å². The van der Waals surface area contributed by atoms with Crippen LogP contribution in [0.5, 0.6) is 0 Å². The van der Waals surface area contributed by atoms with Crippen molar-refractivity contribution in [2.24, 2.45) is 0 Å². The van der Waals surface area contributed by atoms with E-state index < -0.39 is 35.7 Å². The maximum absolute atomic E-state index is 13.3. The molecule has 0 fully saturated rings. The number of aliphatic hydroxyl groups excluding tert-OH is 1. The van der Waals surface area contributed by atoms with Crippen LogP contribution in [0.3, 0.4) is 0 Å². The number of carbonyl (C=O) groups excluding carboxylic acids is 1. The molecule has 42 heavy (non-hydrogen) atoms. The van der Waals surface area contributed by atoms with E-state index in [1.54, 1.807) is 39.0 Å². The van der Waals surface area contributed by atoms with Crippen molar-refractivity contribution in [3.63, 3.8) is 0 Å². The van der Waals surface area contributed by atoms with Crippen LogP contribution in [0.25, 0.3) is 21.9 Å². The van der Waals surface area contributed by atoms with Crippen LogP contribution in [0.2, 0.25) is 0 Å². The molecule has 0 saturated carbocycles. The number of rotatable bonds is 9. The van der Waals surface area contributed by atoms with E-state index >= 15 is 0 Å². The van der Waals surface area contributed by atoms with Gasteiger partial charge in [-0.15, -0.1) is 0 Å². The van der Waals surface area contributed by atoms with Crippen molar-refractivity contribution in [1.82, 2.24) is 24.0 Å². The summed E-state index contributed by atoms with van der Waals surface area (Å²) in [5, 5.41) is 12.0. The number of aromatic nitrogens is 4. The molecule has 0 aliphatic heterocycles. The van der Waals surface area contributed by atoms with Gasteiger partial charge in [0.2, 0.25) is 0 Å². The number of alkyl halides is 3. The number of para-hydroxylation sites is 1. The van der Waals surface area contributed by atoms with Gasteiger partial charge in [0.05, 0.1) is 28.5 Å². The Morgan fingerprint density at radius 3 is 2.38 bits per heavy atom. The Hall–Kier alpha value is -2.69. The maximum Gasteiger partial charge on any atom is 0.407 e. The fourth-order valence-corrected chi connectivity index (χ4v) is 4.56. The monoisotopic (exact) mass is 802 g/mol. The van der Waals surface area contributed by atoms with Crippen molar-refractivity contribution < 1.29 is 71.9 Å². The Labute approximate surface area is 275 Å². The first-order valence-electron chi connectivity index (χ1n) is 13.1. The fraction of sp³-hybridized carbons (Fsp3) is 0.429. The summed E-state index contributed by atoms with van der Waals surface area (Å²) < 4.78 is 48.3. The van der Waals surface area contributed by atoms with Crippen molar-refractivity contribution in [2.75, 3.05) is 6.61 Å². The number of hydrogen-bond donors (Lipinski definition) is 2. The summed E-state index contributed by atoms with van der Waals surface area (Å²) in [5.74, 6) is 0.389. The summed E-state index contributed by atoms with van der Waals surface area (Å²) in [5.41, 5.74) is -0.581. The summed E-state index contributed by atoms with van der Waals surface area (Å²) in [4.78, 5) is 42.9. The standard InChI is InChI=1S/C28H32F3N5O5.Ac/c1-27(2,3)41-25(39)32-15-18-10-11-22-20(14-18)33-23(34(22)12-6-7-13-37)16-35-21-9-5-4-8-19(21)24(38)36(26(35)40)17-28(29,30)31;/h4-5,8-11,14,37H,6-7,12-13,15-17H2,1-3H3,(H,32,39);. The quantitative estimate of drug-likeness (QED) is 0.248. The fourth-order valence-electron chi connectivity index (χ4n) is 4.56. The molecule has 2 aromatic carbocycles. The third-order valence-electron chi connectivity index (χ3n) is 6.29. The van der Waals surface area contributed by atoms with Gasteiger partial charge in [0.15, 0.2) is 0 Å². The molecule has 0 bridgehead atoms. The minimum absolute atomic E-state index is 0. The predicted octanol–water partition coefficient (Wildman–Crippen LogP) is 3.92. The van der Waals surface area contributed by atoms with Crippen LogP contribution in [0, 0.1) is 44.1 Å². The van der Waals surface area contributed by atoms with Gasteiger partial charge in [-0.05, 0) is 63.4 Å². The van der Waals surface area contributed by atoms with E-state index in [9.17, 15) is 32.7 Å². The summed E-state index contributed by atoms with van der Waals surface area (Å²) in [6.07, 6.45) is -4.26. The SMILES string of the molecule is CC(C)(C)OC(=O)NCc1ccc2c(c1)nc(Cn1c(=O)n(CC(F)(F)F)c(=O)c3ccccc31)n2CCCCO.[Ac]. The third kappa shape index (κ3) is 8.23. The number of ether oxygens (including phenoxy) is 1. The molecule has 0 aliphatic carbocycles. The van der Waals surface area contributed by atoms with E-state index in [-0.39, 0.29) is 79.2 Å². The van der Waals surface area contributed by atoms with E-state index in [0.717, 1.165) is 10.1 Å². The molecule has 14 heteroatoms. The van der Waals surface area contributed by atoms with E-state index in [4.69, 9.17) is 9.72 Å². The number of nitrogens with zero attached hydrogens (tertiary/aromatic N) is 4. The summed E-state index contributed by atoms with van der Waals surface area (Å²) >= 11 is 0. The Kier molecular flexibility index (Phi) is 11.1. The second-order valence-electron chi connectivity index (χ2n) is 10.7. The Morgan fingerprint density at radius 1 is 1.00 bits per heavy atom. The number of unbranched alkanes of at least 4 members (excludes halogenated alkanes) is 1. The van der Waals surface area contributed by atoms with Crippen LogP contribution >= 0.6 is 0 Å². The molecule has 1 radical (unpaired) electrons. The Morgan fingerprint density at radius 2 is 1.71 bits per heavy atom. The molecule has 0 aliphatic rings. The average molecular weight is 803 g/mol. The molecule has 2 N–H and O–H groups in total. The smallest absolute Gasteiger partial charge is 0.407 e. The van der Waals surface area contributed by atoms with Gasteiger partial charge in [0.1, 0.15) is 18.0 Å². The average Bonchev–Trinajstić information content (AvgIpc) is 3.22. The number of hydrogen-bond acceptors (Lipinski definition) is 6. The minimum Gasteiger partial charge on any atom is -0.444 e. The number of benzene rings is 2. The van der Waals surface area contributed by atoms with Crippen molar-refractivity contribution in [3.8, 4) is 0 Å². The molecule has 0 unspecified atom stereocenters. The Bertz CT molecular complexity index is 1690. The van der Waals surface area contributed by atoms with Crippen LogP contribution < -0.4 is 16.6 Å². The van der Waals surface area contributed by atoms with Crippen molar-refractivity contribution in [3.05, 3.63) is 74.7 Å². The number of aryl methyl sites for hydroxylation is 1. The number of amides is 1. The van der Waals surface area contributed by atoms with Crippen molar-refractivity contribution in [2.45, 2.75) is 71.6 Å². The van der Waals surface area contributed by atoms with Crippen LogP contribution in [-0.4, -0.2) is 48.3 Å². The number of alkyl carbamates (subject to hydrolysis) is 1. The first-order chi connectivity index (χ1) is 19.3. The second kappa shape index (κ2) is 13.7. The zero-order chi connectivity index (χ0) is 29.9. The molecule has 223 valence electrons. The predicted molar refractivity (Wildman–Crippen MR) is 147 cm³/mol. The molecule has 0 atom stereocenters. The number of carbonyl (C=O) groups is 1. The molecular weight excluding hydrogens is 770 g/mol. The molecule has 2 heterocycles. The third-order valence-corrected chi connectivity index (χ3v) is 6.29. The van der Waals surface area contributed by atoms with Gasteiger partial charge in [-0.2, -0.15) is 13.2 Å². The summed E-state index contributed by atoms with van der Waals surface area (Å²) in [6, 6.07) is 11.4. The number of aliphatic hydroxyl groups is 1. The topological polar surface area (TPSA) is 120 Å². The van der Waals surface area contributed by atoms with Gasteiger partial charge in [0.25, 0.3) is 5.56 Å². The molecule has 0 saturated heterocycles. The minimum atomic E-state index is -4.77. The first kappa shape index (κ1) is 33.8. The Balaban J connectivity index is 0.00000484. The van der Waals surface area contributed by atoms with Crippen LogP contribution in [-0.2, 0) is 30.9 Å². The maximum atomic E-state index is 13.3. The van der Waals surface area contributed by atoms with Gasteiger partial charge >= 0.3 is 18.0 Å². The van der Waals surface area contributed by atoms with E-state index in [1.165, 1.54) is 18.2 Å². The zero-order valence-corrected chi connectivity index (χ0v) is 28.3. The normalized spacial score (nSPS) is 12.0. The van der Waals surface area contributed by atoms with Gasteiger partial charge in [-0.3, -0.25) is 13.9 Å². The molecule has 0 spiro atoms. The van der Waals surface area contributed by atoms with Crippen LogP contribution in [0.4, 0.5) is 18.0 Å². The molecule has 2 aromatic heterocycles. The van der Waals surface area contributed by atoms with Crippen LogP contribution in [0.1, 0.15) is 45.0 Å². The van der Waals surface area contributed by atoms with Gasteiger partial charge < -0.3 is 19.7 Å². The largest absolute Gasteiger partial charge is 0.444 e. The first-order valence-corrected chi connectivity index (χ1v) is 13.1. The van der Waals surface area contributed by atoms with Crippen LogP contribution in [0.15, 0.2) is 52.1 Å². The van der Waals surface area contributed by atoms with Gasteiger partial charge in [0, 0.05) is 63.8 Å². The molecule has 10 nitrogen and oxygen atoms in total. The van der Waals surface area contributed by atoms with E-state index in [2.05, 4.69) is 5.32 Å². The molecule has 4 rings (SSSR count). The van der Waals surface area contributed by atoms with E-state index in [1.807, 2.05) is 10.6 Å². The second-order valence-corrected chi connectivity index (χ2v) is 10.7. The van der Waals surface area contributed by atoms with E-state index in [0.29, 0.717) is 36.2 Å². The van der Waals surface area contributed by atoms with Gasteiger partial charge in [-0.1, -0.05) is 18.2 Å². The van der Waals surface area contributed by atoms with Crippen molar-refractivity contribution >= 4 is 28.0 Å². The number of nitrogens with one attached hydrogen (secondary N) is 1. The van der Waals surface area contributed by atoms with Crippen molar-refractivity contribution in [1.29, 1.82) is 0 Å². The summed E-state index contributed by atoms with van der Waals surface area (Å²) in [6.45, 7) is 3.94. The zero-order valence-electron chi connectivity index (χ0n) is 23.6. The molecule has 4 aromatic rings. The number of halogens is 3. The number of fused-ring (bicyclic) bond motifs is 2. The summed E-state index contributed by atoms with van der Waals surface area (Å²) in [7, 11) is 0.